The zero-order chi connectivity index (χ0) is 12.0. The number of rotatable bonds is 2. The zero-order valence-corrected chi connectivity index (χ0v) is 9.23. The number of fused-ring (bicyclic) bond motifs is 1. The Labute approximate surface area is 97.2 Å². The molecule has 2 aromatic rings. The molecule has 5 heteroatoms. The molecule has 1 fully saturated rings. The largest absolute Gasteiger partial charge is 0.478 e. The van der Waals surface area contributed by atoms with Crippen LogP contribution in [0.3, 0.4) is 0 Å². The van der Waals surface area contributed by atoms with Crippen LogP contribution < -0.4 is 5.36 Å². The third kappa shape index (κ3) is 1.39. The summed E-state index contributed by atoms with van der Waals surface area (Å²) in [4.78, 5) is 14.2. The van der Waals surface area contributed by atoms with Crippen LogP contribution in [0.4, 0.5) is 0 Å². The van der Waals surface area contributed by atoms with Crippen molar-refractivity contribution in [2.45, 2.75) is 25.3 Å². The van der Waals surface area contributed by atoms with Gasteiger partial charge in [0.2, 0.25) is 0 Å². The minimum atomic E-state index is -1.04. The van der Waals surface area contributed by atoms with Crippen molar-refractivity contribution in [3.8, 4) is 0 Å². The van der Waals surface area contributed by atoms with Gasteiger partial charge in [0.05, 0.1) is 5.36 Å². The number of hydrogen-bond acceptors (Lipinski definition) is 2. The van der Waals surface area contributed by atoms with Gasteiger partial charge < -0.3 is 14.7 Å². The van der Waals surface area contributed by atoms with Gasteiger partial charge in [-0.25, -0.2) is 4.79 Å². The molecule has 0 saturated heterocycles. The summed E-state index contributed by atoms with van der Waals surface area (Å²) >= 11 is 0. The number of pyridine rings is 1. The molecule has 1 aliphatic carbocycles. The Kier molecular flexibility index (Phi) is 2.07. The van der Waals surface area contributed by atoms with Crippen LogP contribution in [-0.2, 0) is 0 Å². The highest BCUT2D eigenvalue weighted by Gasteiger charge is 2.22. The first-order chi connectivity index (χ1) is 8.18. The summed E-state index contributed by atoms with van der Waals surface area (Å²) in [6.45, 7) is 0. The predicted molar refractivity (Wildman–Crippen MR) is 62.0 cm³/mol. The van der Waals surface area contributed by atoms with E-state index in [0.29, 0.717) is 11.4 Å². The van der Waals surface area contributed by atoms with Crippen molar-refractivity contribution in [3.05, 3.63) is 29.4 Å². The van der Waals surface area contributed by atoms with E-state index in [0.717, 1.165) is 18.5 Å². The van der Waals surface area contributed by atoms with Crippen LogP contribution in [0.15, 0.2) is 18.5 Å². The first-order valence-electron chi connectivity index (χ1n) is 5.68. The number of carboxylic acid groups (broad SMARTS) is 1. The number of aromatic nitrogens is 2. The molecule has 0 radical (unpaired) electrons. The van der Waals surface area contributed by atoms with Crippen LogP contribution >= 0.6 is 0 Å². The van der Waals surface area contributed by atoms with Crippen LogP contribution in [0.5, 0.6) is 0 Å². The Balaban J connectivity index is 2.33. The molecule has 0 unspecified atom stereocenters. The lowest BCUT2D eigenvalue weighted by molar-refractivity contribution is 0.0694. The lowest BCUT2D eigenvalue weighted by Gasteiger charge is -2.29. The van der Waals surface area contributed by atoms with Gasteiger partial charge in [-0.1, -0.05) is 0 Å². The van der Waals surface area contributed by atoms with Gasteiger partial charge >= 0.3 is 5.97 Å². The highest BCUT2D eigenvalue weighted by molar-refractivity contribution is 5.91. The number of carbonyl (C=O) groups is 1. The molecule has 5 nitrogen and oxygen atoms in total. The van der Waals surface area contributed by atoms with Crippen molar-refractivity contribution in [2.75, 3.05) is 0 Å². The quantitative estimate of drug-likeness (QED) is 0.737. The zero-order valence-electron chi connectivity index (χ0n) is 9.23. The molecule has 2 aromatic heterocycles. The van der Waals surface area contributed by atoms with E-state index in [1.165, 1.54) is 6.42 Å². The van der Waals surface area contributed by atoms with Gasteiger partial charge in [0, 0.05) is 23.8 Å². The minimum Gasteiger partial charge on any atom is -0.478 e. The summed E-state index contributed by atoms with van der Waals surface area (Å²) in [6, 6.07) is 2.13. The van der Waals surface area contributed by atoms with Gasteiger partial charge in [0.25, 0.3) is 0 Å². The SMILES string of the molecule is N=c1c(C(=O)O)cn(C2CCC2)c2[nH]ccc12. The molecule has 2 heterocycles. The number of aromatic carboxylic acids is 1. The van der Waals surface area contributed by atoms with E-state index in [2.05, 4.69) is 4.98 Å². The maximum Gasteiger partial charge on any atom is 0.339 e. The van der Waals surface area contributed by atoms with Crippen molar-refractivity contribution in [3.63, 3.8) is 0 Å². The second-order valence-electron chi connectivity index (χ2n) is 4.45. The average molecular weight is 231 g/mol. The molecule has 0 spiro atoms. The summed E-state index contributed by atoms with van der Waals surface area (Å²) in [5, 5.41) is 17.8. The predicted octanol–water partition coefficient (Wildman–Crippen LogP) is 1.87. The first-order valence-corrected chi connectivity index (χ1v) is 5.68. The van der Waals surface area contributed by atoms with E-state index in [4.69, 9.17) is 10.5 Å². The van der Waals surface area contributed by atoms with Crippen molar-refractivity contribution in [2.24, 2.45) is 0 Å². The maximum absolute atomic E-state index is 11.1. The summed E-state index contributed by atoms with van der Waals surface area (Å²) in [6.07, 6.45) is 6.69. The van der Waals surface area contributed by atoms with Crippen LogP contribution in [-0.4, -0.2) is 20.6 Å². The van der Waals surface area contributed by atoms with Gasteiger partial charge in [-0.05, 0) is 25.3 Å². The van der Waals surface area contributed by atoms with Crippen LogP contribution in [0.2, 0.25) is 0 Å². The van der Waals surface area contributed by atoms with Crippen molar-refractivity contribution < 1.29 is 9.90 Å². The van der Waals surface area contributed by atoms with Gasteiger partial charge in [0.15, 0.2) is 0 Å². The molecule has 88 valence electrons. The highest BCUT2D eigenvalue weighted by Crippen LogP contribution is 2.33. The Morgan fingerprint density at radius 1 is 1.53 bits per heavy atom. The summed E-state index contributed by atoms with van der Waals surface area (Å²) in [7, 11) is 0. The smallest absolute Gasteiger partial charge is 0.339 e. The van der Waals surface area contributed by atoms with E-state index < -0.39 is 5.97 Å². The molecule has 0 amide bonds. The fraction of sp³-hybridized carbons (Fsp3) is 0.333. The second kappa shape index (κ2) is 3.48. The van der Waals surface area contributed by atoms with Gasteiger partial charge in [-0.2, -0.15) is 0 Å². The van der Waals surface area contributed by atoms with Crippen molar-refractivity contribution in [1.29, 1.82) is 5.41 Å². The molecule has 0 bridgehead atoms. The molecule has 3 rings (SSSR count). The fourth-order valence-corrected chi connectivity index (χ4v) is 2.30. The maximum atomic E-state index is 11.1. The first kappa shape index (κ1) is 10.1. The molecular formula is C12H13N3O2. The van der Waals surface area contributed by atoms with Crippen molar-refractivity contribution in [1.82, 2.24) is 9.55 Å². The minimum absolute atomic E-state index is 0.0731. The number of H-pyrrole nitrogens is 1. The lowest BCUT2D eigenvalue weighted by Crippen LogP contribution is -2.24. The summed E-state index contributed by atoms with van der Waals surface area (Å²) in [5.74, 6) is -1.04. The Bertz CT molecular complexity index is 649. The summed E-state index contributed by atoms with van der Waals surface area (Å²) < 4.78 is 1.97. The average Bonchev–Trinajstić information content (AvgIpc) is 2.67. The lowest BCUT2D eigenvalue weighted by atomic mass is 9.92. The number of nitrogens with zero attached hydrogens (tertiary/aromatic N) is 1. The fourth-order valence-electron chi connectivity index (χ4n) is 2.30. The number of aromatic amines is 1. The van der Waals surface area contributed by atoms with Gasteiger partial charge in [-0.3, -0.25) is 5.41 Å². The van der Waals surface area contributed by atoms with E-state index in [1.54, 1.807) is 18.5 Å². The van der Waals surface area contributed by atoms with E-state index >= 15 is 0 Å². The van der Waals surface area contributed by atoms with Crippen molar-refractivity contribution >= 4 is 17.0 Å². The Morgan fingerprint density at radius 2 is 2.29 bits per heavy atom. The third-order valence-corrected chi connectivity index (χ3v) is 3.49. The van der Waals surface area contributed by atoms with Gasteiger partial charge in [-0.15, -0.1) is 0 Å². The van der Waals surface area contributed by atoms with Crippen LogP contribution in [0, 0.1) is 5.41 Å². The van der Waals surface area contributed by atoms with E-state index in [9.17, 15) is 4.79 Å². The summed E-state index contributed by atoms with van der Waals surface area (Å²) in [5.41, 5.74) is 0.925. The second-order valence-corrected chi connectivity index (χ2v) is 4.45. The molecule has 17 heavy (non-hydrogen) atoms. The van der Waals surface area contributed by atoms with Crippen LogP contribution in [0.1, 0.15) is 35.7 Å². The molecule has 0 atom stereocenters. The molecule has 0 aromatic carbocycles. The van der Waals surface area contributed by atoms with Gasteiger partial charge in [0.1, 0.15) is 11.2 Å². The Morgan fingerprint density at radius 3 is 2.88 bits per heavy atom. The van der Waals surface area contributed by atoms with Crippen LogP contribution in [0.25, 0.3) is 11.0 Å². The molecule has 0 aliphatic heterocycles. The topological polar surface area (TPSA) is 81.9 Å². The van der Waals surface area contributed by atoms with E-state index in [1.807, 2.05) is 4.57 Å². The third-order valence-electron chi connectivity index (χ3n) is 3.49. The molecule has 1 saturated carbocycles. The molecule has 1 aliphatic rings. The molecular weight excluding hydrogens is 218 g/mol. The number of carboxylic acids is 1. The highest BCUT2D eigenvalue weighted by atomic mass is 16.4. The number of hydrogen-bond donors (Lipinski definition) is 3. The number of nitrogens with one attached hydrogen (secondary N) is 2. The normalized spacial score (nSPS) is 16.0. The standard InChI is InChI=1S/C12H13N3O2/c13-10-8-4-5-14-11(8)15(7-2-1-3-7)6-9(10)12(16)17/h4-7,13-14H,1-3H2,(H,16,17). The van der Waals surface area contributed by atoms with E-state index in [-0.39, 0.29) is 10.9 Å². The molecule has 3 N–H and O–H groups in total. The Hall–Kier alpha value is -2.04. The monoisotopic (exact) mass is 231 g/mol.